The van der Waals surface area contributed by atoms with E-state index in [1.54, 1.807) is 7.11 Å². The van der Waals surface area contributed by atoms with Crippen LogP contribution in [-0.4, -0.2) is 43.6 Å². The summed E-state index contributed by atoms with van der Waals surface area (Å²) in [6.45, 7) is 4.66. The Kier molecular flexibility index (Phi) is 6.82. The highest BCUT2D eigenvalue weighted by molar-refractivity contribution is 5.85. The minimum Gasteiger partial charge on any atom is -0.497 e. The van der Waals surface area contributed by atoms with Crippen LogP contribution in [0.2, 0.25) is 0 Å². The number of aryl methyl sites for hydroxylation is 1. The zero-order valence-corrected chi connectivity index (χ0v) is 12.9. The summed E-state index contributed by atoms with van der Waals surface area (Å²) in [5, 5.41) is 3.35. The van der Waals surface area contributed by atoms with Gasteiger partial charge < -0.3 is 15.0 Å². The molecule has 0 aromatic heterocycles. The summed E-state index contributed by atoms with van der Waals surface area (Å²) in [6.07, 6.45) is 1.38. The molecule has 0 spiro atoms. The third kappa shape index (κ3) is 4.69. The van der Waals surface area contributed by atoms with Crippen molar-refractivity contribution in [2.45, 2.75) is 25.8 Å². The van der Waals surface area contributed by atoms with Crippen molar-refractivity contribution in [3.8, 4) is 5.75 Å². The predicted octanol–water partition coefficient (Wildman–Crippen LogP) is 1.87. The van der Waals surface area contributed by atoms with Crippen molar-refractivity contribution in [1.82, 2.24) is 10.2 Å². The number of nitrogens with one attached hydrogen (secondary N) is 1. The second kappa shape index (κ2) is 8.12. The Balaban J connectivity index is 0.00000200. The van der Waals surface area contributed by atoms with Gasteiger partial charge in [-0.1, -0.05) is 12.1 Å². The van der Waals surface area contributed by atoms with E-state index < -0.39 is 0 Å². The highest BCUT2D eigenvalue weighted by Gasteiger charge is 2.19. The second-order valence-corrected chi connectivity index (χ2v) is 5.04. The van der Waals surface area contributed by atoms with E-state index in [4.69, 9.17) is 4.74 Å². The summed E-state index contributed by atoms with van der Waals surface area (Å²) in [5.41, 5.74) is 1.18. The van der Waals surface area contributed by atoms with Gasteiger partial charge in [0.2, 0.25) is 5.91 Å². The molecule has 1 aliphatic heterocycles. The van der Waals surface area contributed by atoms with Crippen molar-refractivity contribution >= 4 is 18.3 Å². The van der Waals surface area contributed by atoms with E-state index in [-0.39, 0.29) is 18.3 Å². The van der Waals surface area contributed by atoms with Crippen LogP contribution >= 0.6 is 12.4 Å². The summed E-state index contributed by atoms with van der Waals surface area (Å²) >= 11 is 0. The molecule has 0 radical (unpaired) electrons. The number of ether oxygens (including phenoxy) is 1. The molecule has 1 heterocycles. The SMILES string of the molecule is COc1ccc(CCC(=O)N2CCN[C@@H](C)C2)cc1.Cl. The van der Waals surface area contributed by atoms with Gasteiger partial charge >= 0.3 is 0 Å². The maximum Gasteiger partial charge on any atom is 0.222 e. The van der Waals surface area contributed by atoms with Gasteiger partial charge in [0, 0.05) is 32.1 Å². The number of hydrogen-bond acceptors (Lipinski definition) is 3. The third-order valence-electron chi connectivity index (χ3n) is 3.51. The standard InChI is InChI=1S/C15H22N2O2.ClH/c1-12-11-17(10-9-16-12)15(18)8-5-13-3-6-14(19-2)7-4-13;/h3-4,6-7,12,16H,5,8-11H2,1-2H3;1H/t12-;/m0./s1. The third-order valence-corrected chi connectivity index (χ3v) is 3.51. The molecule has 0 unspecified atom stereocenters. The fourth-order valence-electron chi connectivity index (χ4n) is 2.36. The number of hydrogen-bond donors (Lipinski definition) is 1. The maximum atomic E-state index is 12.1. The van der Waals surface area contributed by atoms with Crippen molar-refractivity contribution in [3.05, 3.63) is 29.8 Å². The van der Waals surface area contributed by atoms with Crippen LogP contribution in [0.4, 0.5) is 0 Å². The van der Waals surface area contributed by atoms with Gasteiger partial charge in [0.05, 0.1) is 7.11 Å². The smallest absolute Gasteiger partial charge is 0.222 e. The molecule has 1 aromatic carbocycles. The molecule has 20 heavy (non-hydrogen) atoms. The van der Waals surface area contributed by atoms with E-state index in [9.17, 15) is 4.79 Å². The molecule has 1 aromatic rings. The van der Waals surface area contributed by atoms with Gasteiger partial charge in [0.25, 0.3) is 0 Å². The lowest BCUT2D eigenvalue weighted by Gasteiger charge is -2.32. The number of nitrogens with zero attached hydrogens (tertiary/aromatic N) is 1. The molecule has 1 aliphatic rings. The Morgan fingerprint density at radius 2 is 2.10 bits per heavy atom. The van der Waals surface area contributed by atoms with E-state index >= 15 is 0 Å². The quantitative estimate of drug-likeness (QED) is 0.923. The molecule has 4 nitrogen and oxygen atoms in total. The van der Waals surface area contributed by atoms with Crippen LogP contribution in [0.25, 0.3) is 0 Å². The van der Waals surface area contributed by atoms with E-state index in [2.05, 4.69) is 12.2 Å². The second-order valence-electron chi connectivity index (χ2n) is 5.04. The number of halogens is 1. The van der Waals surface area contributed by atoms with Crippen LogP contribution in [0.3, 0.4) is 0 Å². The Morgan fingerprint density at radius 3 is 2.70 bits per heavy atom. The number of carbonyl (C=O) groups is 1. The molecule has 0 saturated carbocycles. The molecule has 1 fully saturated rings. The number of benzene rings is 1. The highest BCUT2D eigenvalue weighted by atomic mass is 35.5. The van der Waals surface area contributed by atoms with Crippen LogP contribution < -0.4 is 10.1 Å². The molecule has 2 rings (SSSR count). The van der Waals surface area contributed by atoms with Gasteiger partial charge in [-0.05, 0) is 31.0 Å². The Labute approximate surface area is 126 Å². The lowest BCUT2D eigenvalue weighted by atomic mass is 10.1. The van der Waals surface area contributed by atoms with Crippen molar-refractivity contribution < 1.29 is 9.53 Å². The van der Waals surface area contributed by atoms with Crippen LogP contribution in [0.15, 0.2) is 24.3 Å². The summed E-state index contributed by atoms with van der Waals surface area (Å²) in [7, 11) is 1.66. The molecule has 0 bridgehead atoms. The Hall–Kier alpha value is -1.26. The predicted molar refractivity (Wildman–Crippen MR) is 82.6 cm³/mol. The van der Waals surface area contributed by atoms with E-state index in [1.807, 2.05) is 29.2 Å². The van der Waals surface area contributed by atoms with E-state index in [1.165, 1.54) is 5.56 Å². The van der Waals surface area contributed by atoms with Gasteiger partial charge in [-0.25, -0.2) is 0 Å². The number of rotatable bonds is 4. The minimum absolute atomic E-state index is 0. The first-order valence-electron chi connectivity index (χ1n) is 6.83. The number of carbonyl (C=O) groups excluding carboxylic acids is 1. The van der Waals surface area contributed by atoms with E-state index in [0.29, 0.717) is 12.5 Å². The lowest BCUT2D eigenvalue weighted by molar-refractivity contribution is -0.132. The molecule has 1 atom stereocenters. The average molecular weight is 299 g/mol. The molecule has 0 aliphatic carbocycles. The fourth-order valence-corrected chi connectivity index (χ4v) is 2.36. The topological polar surface area (TPSA) is 41.6 Å². The first-order chi connectivity index (χ1) is 9.19. The van der Waals surface area contributed by atoms with Crippen molar-refractivity contribution in [2.75, 3.05) is 26.7 Å². The highest BCUT2D eigenvalue weighted by Crippen LogP contribution is 2.13. The number of amides is 1. The van der Waals surface area contributed by atoms with Crippen molar-refractivity contribution in [1.29, 1.82) is 0 Å². The largest absolute Gasteiger partial charge is 0.497 e. The maximum absolute atomic E-state index is 12.1. The molecule has 5 heteroatoms. The van der Waals surface area contributed by atoms with Crippen molar-refractivity contribution in [3.63, 3.8) is 0 Å². The summed E-state index contributed by atoms with van der Waals surface area (Å²) < 4.78 is 5.12. The van der Waals surface area contributed by atoms with Gasteiger partial charge in [-0.3, -0.25) is 4.79 Å². The molecule has 1 amide bonds. The van der Waals surface area contributed by atoms with Crippen LogP contribution in [-0.2, 0) is 11.2 Å². The van der Waals surface area contributed by atoms with Gasteiger partial charge in [0.1, 0.15) is 5.75 Å². The molecule has 1 N–H and O–H groups in total. The first kappa shape index (κ1) is 16.8. The zero-order valence-electron chi connectivity index (χ0n) is 12.1. The Bertz CT molecular complexity index is 422. The lowest BCUT2D eigenvalue weighted by Crippen LogP contribution is -2.51. The van der Waals surface area contributed by atoms with Crippen LogP contribution in [0.1, 0.15) is 18.9 Å². The molecular weight excluding hydrogens is 276 g/mol. The first-order valence-corrected chi connectivity index (χ1v) is 6.83. The summed E-state index contributed by atoms with van der Waals surface area (Å²) in [5.74, 6) is 1.11. The Morgan fingerprint density at radius 1 is 1.40 bits per heavy atom. The summed E-state index contributed by atoms with van der Waals surface area (Å²) in [4.78, 5) is 14.1. The monoisotopic (exact) mass is 298 g/mol. The van der Waals surface area contributed by atoms with Crippen molar-refractivity contribution in [2.24, 2.45) is 0 Å². The summed E-state index contributed by atoms with van der Waals surface area (Å²) in [6, 6.07) is 8.32. The molecular formula is C15H23ClN2O2. The van der Waals surface area contributed by atoms with Gasteiger partial charge in [0.15, 0.2) is 0 Å². The molecule has 1 saturated heterocycles. The molecule has 112 valence electrons. The van der Waals surface area contributed by atoms with Crippen LogP contribution in [0, 0.1) is 0 Å². The van der Waals surface area contributed by atoms with Gasteiger partial charge in [-0.15, -0.1) is 12.4 Å². The normalized spacial score (nSPS) is 18.3. The minimum atomic E-state index is 0. The van der Waals surface area contributed by atoms with Gasteiger partial charge in [-0.2, -0.15) is 0 Å². The number of methoxy groups -OCH3 is 1. The fraction of sp³-hybridized carbons (Fsp3) is 0.533. The van der Waals surface area contributed by atoms with Crippen LogP contribution in [0.5, 0.6) is 5.75 Å². The number of piperazine rings is 1. The average Bonchev–Trinajstić information content (AvgIpc) is 2.45. The zero-order chi connectivity index (χ0) is 13.7. The van der Waals surface area contributed by atoms with E-state index in [0.717, 1.165) is 31.8 Å².